The summed E-state index contributed by atoms with van der Waals surface area (Å²) < 4.78 is 37.1. The quantitative estimate of drug-likeness (QED) is 0.542. The van der Waals surface area contributed by atoms with Gasteiger partial charge in [-0.3, -0.25) is 4.79 Å². The summed E-state index contributed by atoms with van der Waals surface area (Å²) in [4.78, 5) is 33.3. The number of carbonyl (C=O) groups excluding carboxylic acids is 2. The van der Waals surface area contributed by atoms with Crippen molar-refractivity contribution in [3.63, 3.8) is 0 Å². The molecule has 0 saturated heterocycles. The second kappa shape index (κ2) is 12.8. The minimum Gasteiger partial charge on any atom is -0.475 e. The van der Waals surface area contributed by atoms with Crippen molar-refractivity contribution in [1.29, 1.82) is 0 Å². The molecule has 0 fully saturated rings. The van der Waals surface area contributed by atoms with E-state index < -0.39 is 30.2 Å². The highest BCUT2D eigenvalue weighted by atomic mass is 19.4. The molecule has 1 aromatic carbocycles. The number of nitrogens with two attached hydrogens (primary N) is 1. The van der Waals surface area contributed by atoms with E-state index in [0.717, 1.165) is 5.56 Å². The standard InChI is InChI=1S/C18H28N2O3.C2HF3O2/c1-12(2)10-15(19)17(21)20-16(13(3)4)18(22)23-11-14-8-6-5-7-9-14;3-2(4,5)1(6)7/h5-9,12-13,15-16H,10-11,19H2,1-4H3,(H,20,21);(H,6,7)/t15-,16+;/m1./s1. The zero-order valence-corrected chi connectivity index (χ0v) is 17.4. The Bertz CT molecular complexity index is 679. The van der Waals surface area contributed by atoms with E-state index in [1.54, 1.807) is 0 Å². The summed E-state index contributed by atoms with van der Waals surface area (Å²) in [5.74, 6) is -3.26. The molecule has 0 aliphatic rings. The summed E-state index contributed by atoms with van der Waals surface area (Å²) in [5, 5.41) is 9.84. The molecule has 0 aromatic heterocycles. The van der Waals surface area contributed by atoms with Crippen LogP contribution in [-0.4, -0.2) is 41.2 Å². The second-order valence-corrected chi connectivity index (χ2v) is 7.36. The van der Waals surface area contributed by atoms with Crippen molar-refractivity contribution in [3.05, 3.63) is 35.9 Å². The molecule has 7 nitrogen and oxygen atoms in total. The lowest BCUT2D eigenvalue weighted by atomic mass is 10.0. The van der Waals surface area contributed by atoms with Gasteiger partial charge in [-0.1, -0.05) is 58.0 Å². The van der Waals surface area contributed by atoms with E-state index in [1.807, 2.05) is 58.0 Å². The summed E-state index contributed by atoms with van der Waals surface area (Å²) in [7, 11) is 0. The number of halogens is 3. The van der Waals surface area contributed by atoms with Gasteiger partial charge in [0.15, 0.2) is 0 Å². The third-order valence-corrected chi connectivity index (χ3v) is 3.75. The number of nitrogens with one attached hydrogen (secondary N) is 1. The van der Waals surface area contributed by atoms with Crippen LogP contribution < -0.4 is 11.1 Å². The van der Waals surface area contributed by atoms with Gasteiger partial charge in [-0.15, -0.1) is 0 Å². The predicted molar refractivity (Wildman–Crippen MR) is 104 cm³/mol. The molecule has 0 bridgehead atoms. The average molecular weight is 434 g/mol. The number of carbonyl (C=O) groups is 3. The van der Waals surface area contributed by atoms with E-state index >= 15 is 0 Å². The third-order valence-electron chi connectivity index (χ3n) is 3.75. The summed E-state index contributed by atoms with van der Waals surface area (Å²) in [6, 6.07) is 8.14. The molecule has 0 aliphatic heterocycles. The van der Waals surface area contributed by atoms with Crippen LogP contribution in [0.1, 0.15) is 39.7 Å². The maximum Gasteiger partial charge on any atom is 0.490 e. The van der Waals surface area contributed by atoms with Gasteiger partial charge in [0.2, 0.25) is 5.91 Å². The van der Waals surface area contributed by atoms with Crippen molar-refractivity contribution >= 4 is 17.8 Å². The van der Waals surface area contributed by atoms with Crippen LogP contribution >= 0.6 is 0 Å². The number of ether oxygens (including phenoxy) is 1. The first kappa shape index (κ1) is 27.4. The van der Waals surface area contributed by atoms with Crippen molar-refractivity contribution in [3.8, 4) is 0 Å². The van der Waals surface area contributed by atoms with Crippen LogP contribution in [0.2, 0.25) is 0 Å². The van der Waals surface area contributed by atoms with Gasteiger partial charge in [-0.25, -0.2) is 9.59 Å². The number of hydrogen-bond donors (Lipinski definition) is 3. The van der Waals surface area contributed by atoms with E-state index in [4.69, 9.17) is 20.4 Å². The Hall–Kier alpha value is -2.62. The van der Waals surface area contributed by atoms with Crippen molar-refractivity contribution in [2.75, 3.05) is 0 Å². The van der Waals surface area contributed by atoms with Crippen LogP contribution in [0.4, 0.5) is 13.2 Å². The first-order valence-corrected chi connectivity index (χ1v) is 9.32. The maximum absolute atomic E-state index is 12.3. The van der Waals surface area contributed by atoms with E-state index in [0.29, 0.717) is 12.3 Å². The summed E-state index contributed by atoms with van der Waals surface area (Å²) in [6.45, 7) is 7.92. The minimum absolute atomic E-state index is 0.0755. The Balaban J connectivity index is 0.00000103. The van der Waals surface area contributed by atoms with Crippen molar-refractivity contribution in [2.24, 2.45) is 17.6 Å². The van der Waals surface area contributed by atoms with Crippen LogP contribution in [0.3, 0.4) is 0 Å². The number of carboxylic acid groups (broad SMARTS) is 1. The molecule has 1 aromatic rings. The molecule has 1 amide bonds. The summed E-state index contributed by atoms with van der Waals surface area (Å²) >= 11 is 0. The lowest BCUT2D eigenvalue weighted by Gasteiger charge is -2.23. The normalized spacial score (nSPS) is 13.1. The zero-order chi connectivity index (χ0) is 23.5. The molecule has 0 unspecified atom stereocenters. The van der Waals surface area contributed by atoms with Gasteiger partial charge >= 0.3 is 18.1 Å². The van der Waals surface area contributed by atoms with Crippen LogP contribution in [0, 0.1) is 11.8 Å². The smallest absolute Gasteiger partial charge is 0.475 e. The molecule has 0 heterocycles. The first-order chi connectivity index (χ1) is 13.8. The Labute approximate surface area is 173 Å². The van der Waals surface area contributed by atoms with Crippen LogP contribution in [0.5, 0.6) is 0 Å². The Morgan fingerprint density at radius 3 is 2.00 bits per heavy atom. The highest BCUT2D eigenvalue weighted by Crippen LogP contribution is 2.13. The molecule has 0 aliphatic carbocycles. The Morgan fingerprint density at radius 1 is 1.10 bits per heavy atom. The van der Waals surface area contributed by atoms with Gasteiger partial charge in [0, 0.05) is 0 Å². The number of esters is 1. The van der Waals surface area contributed by atoms with Crippen LogP contribution in [0.15, 0.2) is 30.3 Å². The lowest BCUT2D eigenvalue weighted by Crippen LogP contribution is -2.51. The van der Waals surface area contributed by atoms with Gasteiger partial charge in [-0.05, 0) is 23.8 Å². The van der Waals surface area contributed by atoms with Gasteiger partial charge in [0.25, 0.3) is 0 Å². The van der Waals surface area contributed by atoms with Crippen molar-refractivity contribution in [2.45, 2.75) is 59.0 Å². The Morgan fingerprint density at radius 2 is 1.60 bits per heavy atom. The number of hydrogen-bond acceptors (Lipinski definition) is 5. The molecular weight excluding hydrogens is 405 g/mol. The average Bonchev–Trinajstić information content (AvgIpc) is 2.63. The number of carboxylic acids is 1. The number of benzene rings is 1. The van der Waals surface area contributed by atoms with Gasteiger partial charge in [0.1, 0.15) is 12.6 Å². The van der Waals surface area contributed by atoms with Gasteiger partial charge in [-0.2, -0.15) is 13.2 Å². The molecule has 0 radical (unpaired) electrons. The zero-order valence-electron chi connectivity index (χ0n) is 17.4. The number of alkyl halides is 3. The van der Waals surface area contributed by atoms with E-state index in [9.17, 15) is 22.8 Å². The monoisotopic (exact) mass is 434 g/mol. The Kier molecular flexibility index (Phi) is 11.7. The molecule has 30 heavy (non-hydrogen) atoms. The van der Waals surface area contributed by atoms with E-state index in [1.165, 1.54) is 0 Å². The van der Waals surface area contributed by atoms with E-state index in [-0.39, 0.29) is 18.4 Å². The molecule has 0 spiro atoms. The number of aliphatic carboxylic acids is 1. The van der Waals surface area contributed by atoms with Crippen LogP contribution in [-0.2, 0) is 25.7 Å². The fraction of sp³-hybridized carbons (Fsp3) is 0.550. The van der Waals surface area contributed by atoms with Gasteiger partial charge < -0.3 is 20.9 Å². The topological polar surface area (TPSA) is 119 Å². The fourth-order valence-electron chi connectivity index (χ4n) is 2.19. The lowest BCUT2D eigenvalue weighted by molar-refractivity contribution is -0.192. The molecular formula is C20H29F3N2O5. The molecule has 10 heteroatoms. The number of amides is 1. The SMILES string of the molecule is CC(C)C[C@@H](N)C(=O)N[C@H](C(=O)OCc1ccccc1)C(C)C.O=C(O)C(F)(F)F. The fourth-order valence-corrected chi connectivity index (χ4v) is 2.19. The minimum atomic E-state index is -5.08. The first-order valence-electron chi connectivity index (χ1n) is 9.32. The molecule has 0 saturated carbocycles. The van der Waals surface area contributed by atoms with Crippen molar-refractivity contribution < 1.29 is 37.4 Å². The third kappa shape index (κ3) is 11.4. The summed E-state index contributed by atoms with van der Waals surface area (Å²) in [5.41, 5.74) is 6.78. The number of rotatable bonds is 8. The molecule has 1 rings (SSSR count). The maximum atomic E-state index is 12.3. The molecule has 170 valence electrons. The van der Waals surface area contributed by atoms with E-state index in [2.05, 4.69) is 5.32 Å². The largest absolute Gasteiger partial charge is 0.490 e. The second-order valence-electron chi connectivity index (χ2n) is 7.36. The predicted octanol–water partition coefficient (Wildman–Crippen LogP) is 2.88. The molecule has 4 N–H and O–H groups in total. The molecule has 2 atom stereocenters. The highest BCUT2D eigenvalue weighted by molar-refractivity contribution is 5.87. The highest BCUT2D eigenvalue weighted by Gasteiger charge is 2.38. The van der Waals surface area contributed by atoms with Gasteiger partial charge in [0.05, 0.1) is 6.04 Å². The van der Waals surface area contributed by atoms with Crippen LogP contribution in [0.25, 0.3) is 0 Å². The summed E-state index contributed by atoms with van der Waals surface area (Å²) in [6.07, 6.45) is -4.50. The van der Waals surface area contributed by atoms with Crippen molar-refractivity contribution in [1.82, 2.24) is 5.32 Å².